The van der Waals surface area contributed by atoms with Crippen LogP contribution in [0.15, 0.2) is 34.2 Å². The predicted octanol–water partition coefficient (Wildman–Crippen LogP) is -0.671. The first kappa shape index (κ1) is 10.4. The average Bonchev–Trinajstić information content (AvgIpc) is 2.65. The van der Waals surface area contributed by atoms with Crippen LogP contribution >= 0.6 is 0 Å². The van der Waals surface area contributed by atoms with E-state index >= 15 is 0 Å². The molecular weight excluding hydrogens is 208 g/mol. The van der Waals surface area contributed by atoms with Gasteiger partial charge >= 0.3 is 5.69 Å². The first-order valence-electron chi connectivity index (χ1n) is 4.82. The molecule has 0 radical (unpaired) electrons. The Morgan fingerprint density at radius 2 is 2.06 bits per heavy atom. The highest BCUT2D eigenvalue weighted by molar-refractivity contribution is 5.04. The molecule has 0 fully saturated rings. The highest BCUT2D eigenvalue weighted by atomic mass is 16.2. The molecule has 84 valence electrons. The highest BCUT2D eigenvalue weighted by Crippen LogP contribution is 1.96. The van der Waals surface area contributed by atoms with Crippen molar-refractivity contribution < 1.29 is 0 Å². The summed E-state index contributed by atoms with van der Waals surface area (Å²) in [7, 11) is 3.40. The first-order chi connectivity index (χ1) is 7.58. The van der Waals surface area contributed by atoms with E-state index < -0.39 is 0 Å². The summed E-state index contributed by atoms with van der Waals surface area (Å²) in [6.45, 7) is 0.250. The van der Waals surface area contributed by atoms with Gasteiger partial charge in [0.2, 0.25) is 0 Å². The summed E-state index contributed by atoms with van der Waals surface area (Å²) in [6.07, 6.45) is 4.88. The van der Waals surface area contributed by atoms with Crippen LogP contribution in [0.5, 0.6) is 0 Å². The van der Waals surface area contributed by atoms with Gasteiger partial charge in [-0.15, -0.1) is 0 Å². The summed E-state index contributed by atoms with van der Waals surface area (Å²) in [6, 6.07) is 1.37. The molecule has 2 rings (SSSR count). The van der Waals surface area contributed by atoms with Crippen LogP contribution < -0.4 is 11.2 Å². The molecule has 0 atom stereocenters. The Balaban J connectivity index is 2.46. The minimum absolute atomic E-state index is 0.250. The standard InChI is InChI=1S/C10H12N4O2/c1-12-4-3-9(15)14(10(12)16)7-8-5-11-13(2)6-8/h3-6H,7H2,1-2H3. The molecule has 0 N–H and O–H groups in total. The normalized spacial score (nSPS) is 10.6. The van der Waals surface area contributed by atoms with E-state index in [0.29, 0.717) is 0 Å². The lowest BCUT2D eigenvalue weighted by molar-refractivity contribution is 0.639. The minimum Gasteiger partial charge on any atom is -0.303 e. The maximum atomic E-state index is 11.7. The molecule has 0 aliphatic rings. The van der Waals surface area contributed by atoms with Crippen molar-refractivity contribution in [2.24, 2.45) is 14.1 Å². The van der Waals surface area contributed by atoms with Crippen LogP contribution in [-0.2, 0) is 20.6 Å². The molecule has 2 aromatic rings. The first-order valence-corrected chi connectivity index (χ1v) is 4.82. The van der Waals surface area contributed by atoms with Gasteiger partial charge in [-0.25, -0.2) is 4.79 Å². The predicted molar refractivity (Wildman–Crippen MR) is 58.3 cm³/mol. The van der Waals surface area contributed by atoms with Gasteiger partial charge < -0.3 is 4.57 Å². The van der Waals surface area contributed by atoms with E-state index in [2.05, 4.69) is 5.10 Å². The zero-order valence-electron chi connectivity index (χ0n) is 9.12. The fraction of sp³-hybridized carbons (Fsp3) is 0.300. The van der Waals surface area contributed by atoms with Crippen molar-refractivity contribution in [3.05, 3.63) is 51.1 Å². The van der Waals surface area contributed by atoms with Gasteiger partial charge in [-0.3, -0.25) is 14.0 Å². The number of hydrogen-bond donors (Lipinski definition) is 0. The van der Waals surface area contributed by atoms with Crippen LogP contribution in [0.25, 0.3) is 0 Å². The third-order valence-electron chi connectivity index (χ3n) is 2.34. The number of nitrogens with zero attached hydrogens (tertiary/aromatic N) is 4. The van der Waals surface area contributed by atoms with Crippen molar-refractivity contribution in [1.29, 1.82) is 0 Å². The lowest BCUT2D eigenvalue weighted by Gasteiger charge is -2.04. The number of aromatic nitrogens is 4. The lowest BCUT2D eigenvalue weighted by Crippen LogP contribution is -2.38. The molecule has 0 saturated heterocycles. The van der Waals surface area contributed by atoms with Crippen molar-refractivity contribution in [1.82, 2.24) is 18.9 Å². The molecule has 16 heavy (non-hydrogen) atoms. The summed E-state index contributed by atoms with van der Waals surface area (Å²) in [4.78, 5) is 23.2. The van der Waals surface area contributed by atoms with Crippen LogP contribution in [0.2, 0.25) is 0 Å². The van der Waals surface area contributed by atoms with Crippen LogP contribution in [0, 0.1) is 0 Å². The Morgan fingerprint density at radius 1 is 1.31 bits per heavy atom. The molecule has 0 unspecified atom stereocenters. The summed E-state index contributed by atoms with van der Waals surface area (Å²) in [5.41, 5.74) is 0.205. The summed E-state index contributed by atoms with van der Waals surface area (Å²) in [5.74, 6) is 0. The van der Waals surface area contributed by atoms with E-state index in [1.165, 1.54) is 21.4 Å². The third kappa shape index (κ3) is 1.81. The van der Waals surface area contributed by atoms with Gasteiger partial charge in [-0.2, -0.15) is 5.10 Å². The molecule has 0 bridgehead atoms. The van der Waals surface area contributed by atoms with E-state index in [9.17, 15) is 9.59 Å². The second-order valence-corrected chi connectivity index (χ2v) is 3.66. The maximum absolute atomic E-state index is 11.7. The molecule has 0 amide bonds. The van der Waals surface area contributed by atoms with E-state index in [1.807, 2.05) is 0 Å². The fourth-order valence-electron chi connectivity index (χ4n) is 1.50. The van der Waals surface area contributed by atoms with Gasteiger partial charge in [-0.05, 0) is 0 Å². The topological polar surface area (TPSA) is 61.8 Å². The molecule has 6 heteroatoms. The summed E-state index contributed by atoms with van der Waals surface area (Å²) in [5, 5.41) is 3.99. The number of aryl methyl sites for hydroxylation is 2. The van der Waals surface area contributed by atoms with Crippen molar-refractivity contribution in [3.63, 3.8) is 0 Å². The van der Waals surface area contributed by atoms with Gasteiger partial charge in [-0.1, -0.05) is 0 Å². The van der Waals surface area contributed by atoms with Gasteiger partial charge in [0.1, 0.15) is 0 Å². The Morgan fingerprint density at radius 3 is 2.69 bits per heavy atom. The van der Waals surface area contributed by atoms with Crippen molar-refractivity contribution in [3.8, 4) is 0 Å². The zero-order valence-corrected chi connectivity index (χ0v) is 9.12. The minimum atomic E-state index is -0.323. The highest BCUT2D eigenvalue weighted by Gasteiger charge is 2.04. The molecule has 0 spiro atoms. The zero-order chi connectivity index (χ0) is 11.7. The van der Waals surface area contributed by atoms with Crippen LogP contribution in [0.3, 0.4) is 0 Å². The van der Waals surface area contributed by atoms with Crippen molar-refractivity contribution >= 4 is 0 Å². The Kier molecular flexibility index (Phi) is 2.47. The molecule has 0 aliphatic heterocycles. The van der Waals surface area contributed by atoms with Gasteiger partial charge in [0, 0.05) is 38.1 Å². The van der Waals surface area contributed by atoms with Crippen LogP contribution in [-0.4, -0.2) is 18.9 Å². The van der Waals surface area contributed by atoms with Crippen LogP contribution in [0.1, 0.15) is 5.56 Å². The fourth-order valence-corrected chi connectivity index (χ4v) is 1.50. The average molecular weight is 220 g/mol. The summed E-state index contributed by atoms with van der Waals surface area (Å²) < 4.78 is 4.18. The lowest BCUT2D eigenvalue weighted by atomic mass is 10.3. The third-order valence-corrected chi connectivity index (χ3v) is 2.34. The van der Waals surface area contributed by atoms with Crippen LogP contribution in [0.4, 0.5) is 0 Å². The largest absolute Gasteiger partial charge is 0.331 e. The molecule has 2 heterocycles. The Bertz CT molecular complexity index is 620. The quantitative estimate of drug-likeness (QED) is 0.674. The van der Waals surface area contributed by atoms with Gasteiger partial charge in [0.15, 0.2) is 0 Å². The van der Waals surface area contributed by atoms with Gasteiger partial charge in [0.05, 0.1) is 12.7 Å². The van der Waals surface area contributed by atoms with E-state index in [1.54, 1.807) is 31.2 Å². The summed E-state index contributed by atoms with van der Waals surface area (Å²) >= 11 is 0. The molecule has 6 nitrogen and oxygen atoms in total. The molecule has 2 aromatic heterocycles. The van der Waals surface area contributed by atoms with Crippen molar-refractivity contribution in [2.45, 2.75) is 6.54 Å². The SMILES string of the molecule is Cn1cc(Cn2c(=O)ccn(C)c2=O)cn1. The van der Waals surface area contributed by atoms with E-state index in [4.69, 9.17) is 0 Å². The smallest absolute Gasteiger partial charge is 0.303 e. The molecule has 0 aliphatic carbocycles. The second kappa shape index (κ2) is 3.80. The van der Waals surface area contributed by atoms with Crippen molar-refractivity contribution in [2.75, 3.05) is 0 Å². The van der Waals surface area contributed by atoms with Gasteiger partial charge in [0.25, 0.3) is 5.56 Å². The number of rotatable bonds is 2. The maximum Gasteiger partial charge on any atom is 0.331 e. The monoisotopic (exact) mass is 220 g/mol. The van der Waals surface area contributed by atoms with E-state index in [-0.39, 0.29) is 17.8 Å². The second-order valence-electron chi connectivity index (χ2n) is 3.66. The molecule has 0 saturated carbocycles. The Labute approximate surface area is 91.4 Å². The number of hydrogen-bond acceptors (Lipinski definition) is 3. The Hall–Kier alpha value is -2.11. The molecule has 0 aromatic carbocycles. The van der Waals surface area contributed by atoms with E-state index in [0.717, 1.165) is 5.56 Å². The molecular formula is C10H12N4O2.